The molecule has 0 saturated heterocycles. The van der Waals surface area contributed by atoms with Gasteiger partial charge in [-0.05, 0) is 12.1 Å². The summed E-state index contributed by atoms with van der Waals surface area (Å²) in [6.45, 7) is 3.38. The van der Waals surface area contributed by atoms with Crippen LogP contribution in [0.2, 0.25) is 0 Å². The first-order valence-electron chi connectivity index (χ1n) is 4.18. The number of hydrogen-bond donors (Lipinski definition) is 2. The Labute approximate surface area is 79.7 Å². The van der Waals surface area contributed by atoms with E-state index in [1.165, 1.54) is 0 Å². The van der Waals surface area contributed by atoms with Crippen LogP contribution in [-0.4, -0.2) is 41.9 Å². The highest BCUT2D eigenvalue weighted by Gasteiger charge is 1.98. The zero-order valence-electron chi connectivity index (χ0n) is 7.67. The molecular formula is C6H10N8. The van der Waals surface area contributed by atoms with Crippen LogP contribution < -0.4 is 5.32 Å². The van der Waals surface area contributed by atoms with Crippen molar-refractivity contribution in [1.82, 2.24) is 35.4 Å². The van der Waals surface area contributed by atoms with E-state index < -0.39 is 0 Å². The third kappa shape index (κ3) is 1.84. The molecule has 2 rings (SSSR count). The third-order valence-corrected chi connectivity index (χ3v) is 1.79. The van der Waals surface area contributed by atoms with Crippen LogP contribution in [0.1, 0.15) is 5.82 Å². The summed E-state index contributed by atoms with van der Waals surface area (Å²) in [5.74, 6) is 1.38. The second-order valence-electron chi connectivity index (χ2n) is 2.73. The van der Waals surface area contributed by atoms with Crippen molar-refractivity contribution in [3.05, 3.63) is 12.2 Å². The molecule has 0 radical (unpaired) electrons. The van der Waals surface area contributed by atoms with Gasteiger partial charge in [0.1, 0.15) is 12.2 Å². The predicted molar refractivity (Wildman–Crippen MR) is 47.4 cm³/mol. The normalized spacial score (nSPS) is 10.4. The molecule has 0 amide bonds. The quantitative estimate of drug-likeness (QED) is 0.662. The topological polar surface area (TPSA) is 97.2 Å². The molecule has 8 heteroatoms. The molecule has 0 aliphatic heterocycles. The number of nitrogens with zero attached hydrogens (tertiary/aromatic N) is 6. The molecule has 74 valence electrons. The lowest BCUT2D eigenvalue weighted by Crippen LogP contribution is -2.11. The van der Waals surface area contributed by atoms with E-state index in [9.17, 15) is 0 Å². The van der Waals surface area contributed by atoms with E-state index in [-0.39, 0.29) is 0 Å². The Hall–Kier alpha value is -1.99. The van der Waals surface area contributed by atoms with Gasteiger partial charge in [0.05, 0.1) is 0 Å². The van der Waals surface area contributed by atoms with Gasteiger partial charge in [0.2, 0.25) is 0 Å². The highest BCUT2D eigenvalue weighted by molar-refractivity contribution is 5.17. The van der Waals surface area contributed by atoms with Gasteiger partial charge >= 0.3 is 0 Å². The molecule has 14 heavy (non-hydrogen) atoms. The van der Waals surface area contributed by atoms with E-state index in [0.717, 1.165) is 12.4 Å². The monoisotopic (exact) mass is 194 g/mol. The summed E-state index contributed by atoms with van der Waals surface area (Å²) < 4.78 is 1.94. The van der Waals surface area contributed by atoms with Crippen molar-refractivity contribution >= 4 is 5.95 Å². The summed E-state index contributed by atoms with van der Waals surface area (Å²) in [5, 5.41) is 23.9. The van der Waals surface area contributed by atoms with Crippen LogP contribution in [0.5, 0.6) is 0 Å². The average molecular weight is 194 g/mol. The number of aryl methyl sites for hydroxylation is 1. The van der Waals surface area contributed by atoms with E-state index >= 15 is 0 Å². The van der Waals surface area contributed by atoms with Crippen molar-refractivity contribution in [3.63, 3.8) is 0 Å². The minimum atomic E-state index is 0.496. The molecule has 0 aliphatic carbocycles. The number of aromatic nitrogens is 7. The van der Waals surface area contributed by atoms with Crippen LogP contribution in [0.25, 0.3) is 0 Å². The van der Waals surface area contributed by atoms with Crippen molar-refractivity contribution in [2.24, 2.45) is 0 Å². The molecule has 0 bridgehead atoms. The van der Waals surface area contributed by atoms with Gasteiger partial charge in [-0.3, -0.25) is 0 Å². The Morgan fingerprint density at radius 3 is 3.07 bits per heavy atom. The molecule has 2 heterocycles. The van der Waals surface area contributed by atoms with Crippen LogP contribution in [-0.2, 0) is 6.54 Å². The number of aromatic amines is 1. The molecule has 0 aromatic carbocycles. The van der Waals surface area contributed by atoms with Crippen LogP contribution in [0.3, 0.4) is 0 Å². The molecule has 0 fully saturated rings. The highest BCUT2D eigenvalue weighted by atomic mass is 15.5. The zero-order chi connectivity index (χ0) is 9.80. The van der Waals surface area contributed by atoms with Crippen molar-refractivity contribution in [2.75, 3.05) is 11.9 Å². The van der Waals surface area contributed by atoms with E-state index in [4.69, 9.17) is 0 Å². The maximum Gasteiger partial charge on any atom is 0.263 e. The molecule has 8 nitrogen and oxygen atoms in total. The standard InChI is InChI=1S/C6H10N8/c1-5-9-8-4-14(5)3-2-7-6-10-12-13-11-6/h4H,2-3H2,1H3,(H2,7,10,11,12,13). The molecule has 0 aliphatic rings. The maximum absolute atomic E-state index is 3.87. The maximum atomic E-state index is 3.87. The van der Waals surface area contributed by atoms with E-state index in [1.54, 1.807) is 6.33 Å². The fraction of sp³-hybridized carbons (Fsp3) is 0.500. The van der Waals surface area contributed by atoms with Crippen molar-refractivity contribution in [2.45, 2.75) is 13.5 Å². The van der Waals surface area contributed by atoms with Gasteiger partial charge in [-0.15, -0.1) is 15.3 Å². The smallest absolute Gasteiger partial charge is 0.263 e. The average Bonchev–Trinajstić information content (AvgIpc) is 2.78. The van der Waals surface area contributed by atoms with Crippen LogP contribution >= 0.6 is 0 Å². The lowest BCUT2D eigenvalue weighted by atomic mass is 10.5. The summed E-state index contributed by atoms with van der Waals surface area (Å²) in [5.41, 5.74) is 0. The molecule has 0 atom stereocenters. The number of H-pyrrole nitrogens is 1. The largest absolute Gasteiger partial charge is 0.350 e. The van der Waals surface area contributed by atoms with Crippen molar-refractivity contribution in [3.8, 4) is 0 Å². The molecule has 0 unspecified atom stereocenters. The minimum absolute atomic E-state index is 0.496. The summed E-state index contributed by atoms with van der Waals surface area (Å²) in [6.07, 6.45) is 1.69. The van der Waals surface area contributed by atoms with E-state index in [0.29, 0.717) is 12.5 Å². The summed E-state index contributed by atoms with van der Waals surface area (Å²) in [4.78, 5) is 0. The van der Waals surface area contributed by atoms with Crippen LogP contribution in [0, 0.1) is 6.92 Å². The van der Waals surface area contributed by atoms with Crippen molar-refractivity contribution < 1.29 is 0 Å². The summed E-state index contributed by atoms with van der Waals surface area (Å²) >= 11 is 0. The molecule has 0 saturated carbocycles. The number of tetrazole rings is 1. The predicted octanol–water partition coefficient (Wildman–Crippen LogP) is -0.788. The number of anilines is 1. The SMILES string of the molecule is Cc1nncn1CCNc1nn[nH]n1. The van der Waals surface area contributed by atoms with Crippen molar-refractivity contribution in [1.29, 1.82) is 0 Å². The van der Waals surface area contributed by atoms with E-state index in [2.05, 4.69) is 36.1 Å². The Morgan fingerprint density at radius 2 is 2.43 bits per heavy atom. The lowest BCUT2D eigenvalue weighted by Gasteiger charge is -2.03. The molecular weight excluding hydrogens is 184 g/mol. The Bertz CT molecular complexity index is 376. The molecule has 2 aromatic rings. The van der Waals surface area contributed by atoms with Gasteiger partial charge in [-0.2, -0.15) is 5.21 Å². The summed E-state index contributed by atoms with van der Waals surface area (Å²) in [6, 6.07) is 0. The molecule has 0 spiro atoms. The van der Waals surface area contributed by atoms with Gasteiger partial charge in [0.25, 0.3) is 5.95 Å². The fourth-order valence-electron chi connectivity index (χ4n) is 1.06. The first-order chi connectivity index (χ1) is 6.86. The highest BCUT2D eigenvalue weighted by Crippen LogP contribution is 1.93. The van der Waals surface area contributed by atoms with Crippen LogP contribution in [0.4, 0.5) is 5.95 Å². The fourth-order valence-corrected chi connectivity index (χ4v) is 1.06. The summed E-state index contributed by atoms with van der Waals surface area (Å²) in [7, 11) is 0. The Balaban J connectivity index is 1.81. The lowest BCUT2D eigenvalue weighted by molar-refractivity contribution is 0.697. The zero-order valence-corrected chi connectivity index (χ0v) is 7.67. The van der Waals surface area contributed by atoms with Gasteiger partial charge in [-0.1, -0.05) is 5.10 Å². The Kier molecular flexibility index (Phi) is 2.34. The Morgan fingerprint density at radius 1 is 1.50 bits per heavy atom. The first kappa shape index (κ1) is 8.60. The molecule has 2 aromatic heterocycles. The van der Waals surface area contributed by atoms with Crippen LogP contribution in [0.15, 0.2) is 6.33 Å². The number of rotatable bonds is 4. The first-order valence-corrected chi connectivity index (χ1v) is 4.18. The third-order valence-electron chi connectivity index (χ3n) is 1.79. The second kappa shape index (κ2) is 3.81. The van der Waals surface area contributed by atoms with Gasteiger partial charge in [-0.25, -0.2) is 0 Å². The van der Waals surface area contributed by atoms with Gasteiger partial charge < -0.3 is 9.88 Å². The number of hydrogen-bond acceptors (Lipinski definition) is 6. The van der Waals surface area contributed by atoms with Gasteiger partial charge in [0.15, 0.2) is 0 Å². The van der Waals surface area contributed by atoms with E-state index in [1.807, 2.05) is 11.5 Å². The number of nitrogens with one attached hydrogen (secondary N) is 2. The molecule has 2 N–H and O–H groups in total. The van der Waals surface area contributed by atoms with Gasteiger partial charge in [0, 0.05) is 13.1 Å². The second-order valence-corrected chi connectivity index (χ2v) is 2.73. The minimum Gasteiger partial charge on any atom is -0.350 e.